The molecule has 1 aliphatic carbocycles. The Labute approximate surface area is 151 Å². The van der Waals surface area contributed by atoms with Crippen molar-refractivity contribution in [2.45, 2.75) is 0 Å². The molecule has 120 valence electrons. The lowest BCUT2D eigenvalue weighted by molar-refractivity contribution is 1.41. The van der Waals surface area contributed by atoms with Gasteiger partial charge in [-0.25, -0.2) is 4.98 Å². The lowest BCUT2D eigenvalue weighted by Gasteiger charge is -2.09. The molecule has 0 N–H and O–H groups in total. The Kier molecular flexibility index (Phi) is 2.67. The first-order valence-electron chi connectivity index (χ1n) is 8.92. The van der Waals surface area contributed by atoms with Crippen molar-refractivity contribution in [3.05, 3.63) is 91.0 Å². The molecule has 0 amide bonds. The van der Waals surface area contributed by atoms with Crippen molar-refractivity contribution < 1.29 is 0 Å². The molecule has 0 aliphatic heterocycles. The minimum Gasteiger partial charge on any atom is -0.248 e. The van der Waals surface area contributed by atoms with Crippen LogP contribution in [0, 0.1) is 0 Å². The number of fused-ring (bicyclic) bond motifs is 5. The molecule has 0 unspecified atom stereocenters. The normalized spacial score (nSPS) is 11.8. The second kappa shape index (κ2) is 5.03. The number of pyridine rings is 1. The highest BCUT2D eigenvalue weighted by Gasteiger charge is 2.24. The van der Waals surface area contributed by atoms with Crippen LogP contribution in [-0.4, -0.2) is 4.98 Å². The molecule has 0 atom stereocenters. The minimum atomic E-state index is 1.03. The monoisotopic (exact) mass is 329 g/mol. The summed E-state index contributed by atoms with van der Waals surface area (Å²) in [6.07, 6.45) is 0. The van der Waals surface area contributed by atoms with E-state index >= 15 is 0 Å². The maximum Gasteiger partial charge on any atom is 0.0728 e. The number of hydrogen-bond donors (Lipinski definition) is 0. The van der Waals surface area contributed by atoms with Gasteiger partial charge in [-0.3, -0.25) is 0 Å². The average Bonchev–Trinajstić information content (AvgIpc) is 3.05. The van der Waals surface area contributed by atoms with E-state index in [0.717, 1.165) is 16.8 Å². The molecule has 26 heavy (non-hydrogen) atoms. The van der Waals surface area contributed by atoms with Crippen LogP contribution in [0.25, 0.3) is 55.2 Å². The van der Waals surface area contributed by atoms with Gasteiger partial charge in [-0.15, -0.1) is 0 Å². The number of rotatable bonds is 1. The molecule has 1 nitrogen and oxygen atoms in total. The molecule has 1 aliphatic rings. The molecular weight excluding hydrogens is 314 g/mol. The molecular formula is C25H15N. The van der Waals surface area contributed by atoms with Crippen LogP contribution < -0.4 is 0 Å². The molecule has 4 aromatic carbocycles. The van der Waals surface area contributed by atoms with Gasteiger partial charge in [0.2, 0.25) is 0 Å². The number of hydrogen-bond acceptors (Lipinski definition) is 1. The summed E-state index contributed by atoms with van der Waals surface area (Å²) in [6.45, 7) is 0. The van der Waals surface area contributed by atoms with E-state index in [2.05, 4.69) is 84.9 Å². The van der Waals surface area contributed by atoms with Crippen LogP contribution in [0.3, 0.4) is 0 Å². The van der Waals surface area contributed by atoms with Gasteiger partial charge in [-0.1, -0.05) is 78.9 Å². The van der Waals surface area contributed by atoms with Crippen molar-refractivity contribution >= 4 is 21.7 Å². The van der Waals surface area contributed by atoms with Crippen LogP contribution in [0.15, 0.2) is 91.0 Å². The summed E-state index contributed by atoms with van der Waals surface area (Å²) in [6, 6.07) is 32.3. The van der Waals surface area contributed by atoms with Crippen LogP contribution in [0.2, 0.25) is 0 Å². The largest absolute Gasteiger partial charge is 0.248 e. The molecule has 0 radical (unpaired) electrons. The number of benzene rings is 4. The van der Waals surface area contributed by atoms with Gasteiger partial charge in [-0.05, 0) is 39.6 Å². The standard InChI is InChI=1S/C25H15N/c1-2-8-16(9-3-1)22-15-21-19-12-6-7-13-20(19)24-18-11-5-4-10-17(18)14-23(26-22)25(21)24/h1-15H. The van der Waals surface area contributed by atoms with Gasteiger partial charge in [0.1, 0.15) is 0 Å². The van der Waals surface area contributed by atoms with Crippen molar-refractivity contribution in [3.63, 3.8) is 0 Å². The first-order chi connectivity index (χ1) is 12.9. The van der Waals surface area contributed by atoms with Crippen molar-refractivity contribution in [2.75, 3.05) is 0 Å². The molecule has 6 rings (SSSR count). The summed E-state index contributed by atoms with van der Waals surface area (Å²) in [5.74, 6) is 0. The van der Waals surface area contributed by atoms with Gasteiger partial charge >= 0.3 is 0 Å². The predicted molar refractivity (Wildman–Crippen MR) is 109 cm³/mol. The summed E-state index contributed by atoms with van der Waals surface area (Å²) < 4.78 is 0. The lowest BCUT2D eigenvalue weighted by Crippen LogP contribution is -1.88. The van der Waals surface area contributed by atoms with E-state index in [9.17, 15) is 0 Å². The average molecular weight is 329 g/mol. The summed E-state index contributed by atoms with van der Waals surface area (Å²) >= 11 is 0. The van der Waals surface area contributed by atoms with Crippen LogP contribution in [-0.2, 0) is 0 Å². The van der Waals surface area contributed by atoms with Crippen molar-refractivity contribution in [1.82, 2.24) is 4.98 Å². The summed E-state index contributed by atoms with van der Waals surface area (Å²) in [5.41, 5.74) is 8.52. The van der Waals surface area contributed by atoms with Crippen LogP contribution in [0.1, 0.15) is 0 Å². The summed E-state index contributed by atoms with van der Waals surface area (Å²) in [4.78, 5) is 5.04. The fourth-order valence-corrected chi connectivity index (χ4v) is 4.25. The zero-order valence-electron chi connectivity index (χ0n) is 14.1. The Balaban J connectivity index is 1.82. The minimum absolute atomic E-state index is 1.03. The highest BCUT2D eigenvalue weighted by Crippen LogP contribution is 2.50. The fourth-order valence-electron chi connectivity index (χ4n) is 4.25. The number of aromatic nitrogens is 1. The van der Waals surface area contributed by atoms with Crippen LogP contribution >= 0.6 is 0 Å². The van der Waals surface area contributed by atoms with Gasteiger partial charge in [0.05, 0.1) is 11.2 Å². The fraction of sp³-hybridized carbons (Fsp3) is 0. The molecule has 1 heteroatoms. The second-order valence-electron chi connectivity index (χ2n) is 6.83. The lowest BCUT2D eigenvalue weighted by atomic mass is 9.97. The second-order valence-corrected chi connectivity index (χ2v) is 6.83. The topological polar surface area (TPSA) is 12.9 Å². The molecule has 1 aromatic heterocycles. The van der Waals surface area contributed by atoms with E-state index in [-0.39, 0.29) is 0 Å². The third-order valence-corrected chi connectivity index (χ3v) is 5.38. The zero-order chi connectivity index (χ0) is 17.1. The van der Waals surface area contributed by atoms with E-state index < -0.39 is 0 Å². The maximum absolute atomic E-state index is 5.04. The molecule has 0 spiro atoms. The first-order valence-corrected chi connectivity index (χ1v) is 8.92. The first kappa shape index (κ1) is 13.8. The Hall–Kier alpha value is -3.45. The quantitative estimate of drug-likeness (QED) is 0.306. The van der Waals surface area contributed by atoms with Gasteiger partial charge in [-0.2, -0.15) is 0 Å². The van der Waals surface area contributed by atoms with Crippen molar-refractivity contribution in [3.8, 4) is 33.5 Å². The molecule has 0 bridgehead atoms. The van der Waals surface area contributed by atoms with Crippen LogP contribution in [0.5, 0.6) is 0 Å². The molecule has 0 saturated heterocycles. The Morgan fingerprint density at radius 1 is 0.577 bits per heavy atom. The third-order valence-electron chi connectivity index (χ3n) is 5.38. The number of nitrogens with zero attached hydrogens (tertiary/aromatic N) is 1. The SMILES string of the molecule is c1ccc(-c2cc3c4c(c5ccccc5cc4n2)-c2ccccc2-3)cc1. The van der Waals surface area contributed by atoms with Crippen LogP contribution in [0.4, 0.5) is 0 Å². The van der Waals surface area contributed by atoms with E-state index in [1.807, 2.05) is 6.07 Å². The van der Waals surface area contributed by atoms with Crippen molar-refractivity contribution in [1.29, 1.82) is 0 Å². The van der Waals surface area contributed by atoms with E-state index in [1.165, 1.54) is 38.4 Å². The maximum atomic E-state index is 5.04. The third kappa shape index (κ3) is 1.77. The molecule has 0 saturated carbocycles. The highest BCUT2D eigenvalue weighted by atomic mass is 14.7. The Morgan fingerprint density at radius 3 is 2.19 bits per heavy atom. The predicted octanol–water partition coefficient (Wildman–Crippen LogP) is 6.70. The smallest absolute Gasteiger partial charge is 0.0728 e. The van der Waals surface area contributed by atoms with E-state index in [0.29, 0.717) is 0 Å². The summed E-state index contributed by atoms with van der Waals surface area (Å²) in [5, 5.41) is 3.83. The van der Waals surface area contributed by atoms with Gasteiger partial charge in [0, 0.05) is 16.5 Å². The molecule has 1 heterocycles. The van der Waals surface area contributed by atoms with E-state index in [4.69, 9.17) is 4.98 Å². The summed E-state index contributed by atoms with van der Waals surface area (Å²) in [7, 11) is 0. The zero-order valence-corrected chi connectivity index (χ0v) is 14.1. The molecule has 0 fully saturated rings. The highest BCUT2D eigenvalue weighted by molar-refractivity contribution is 6.23. The molecule has 5 aromatic rings. The van der Waals surface area contributed by atoms with Gasteiger partial charge < -0.3 is 0 Å². The van der Waals surface area contributed by atoms with Gasteiger partial charge in [0.15, 0.2) is 0 Å². The Bertz CT molecular complexity index is 1320. The van der Waals surface area contributed by atoms with E-state index in [1.54, 1.807) is 0 Å². The van der Waals surface area contributed by atoms with Crippen molar-refractivity contribution in [2.24, 2.45) is 0 Å². The van der Waals surface area contributed by atoms with Gasteiger partial charge in [0.25, 0.3) is 0 Å². The Morgan fingerprint density at radius 2 is 1.31 bits per heavy atom.